The lowest BCUT2D eigenvalue weighted by Crippen LogP contribution is -2.11. The molecule has 0 aromatic carbocycles. The van der Waals surface area contributed by atoms with E-state index in [1.807, 2.05) is 19.3 Å². The van der Waals surface area contributed by atoms with Gasteiger partial charge in [-0.05, 0) is 0 Å². The third-order valence-electron chi connectivity index (χ3n) is 0.902. The van der Waals surface area contributed by atoms with Crippen molar-refractivity contribution < 1.29 is 0 Å². The largest absolute Gasteiger partial charge is 0.336 e. The van der Waals surface area contributed by atoms with Gasteiger partial charge in [0.2, 0.25) is 0 Å². The molecule has 0 unspecified atom stereocenters. The zero-order chi connectivity index (χ0) is 5.11. The molecule has 36 valence electrons. The van der Waals surface area contributed by atoms with Gasteiger partial charge in [0.25, 0.3) is 0 Å². The van der Waals surface area contributed by atoms with E-state index < -0.39 is 0 Å². The maximum atomic E-state index is 2.95. The van der Waals surface area contributed by atoms with E-state index in [0.717, 1.165) is 6.54 Å². The Hall–Kier alpha value is -0.810. The first-order chi connectivity index (χ1) is 3.39. The fourth-order valence-electron chi connectivity index (χ4n) is 0.510. The van der Waals surface area contributed by atoms with Crippen LogP contribution in [-0.4, -0.2) is 18.5 Å². The van der Waals surface area contributed by atoms with E-state index in [4.69, 9.17) is 0 Å². The van der Waals surface area contributed by atoms with Crippen LogP contribution >= 0.6 is 0 Å². The molecule has 0 bridgehead atoms. The Morgan fingerprint density at radius 1 is 1.71 bits per heavy atom. The first-order valence-electron chi connectivity index (χ1n) is 2.34. The van der Waals surface area contributed by atoms with Crippen molar-refractivity contribution in [3.05, 3.63) is 24.4 Å². The van der Waals surface area contributed by atoms with Crippen molar-refractivity contribution in [2.75, 3.05) is 13.6 Å². The number of hydrogen-bond acceptors (Lipinski definition) is 1. The summed E-state index contributed by atoms with van der Waals surface area (Å²) in [5.41, 5.74) is 0. The quantitative estimate of drug-likeness (QED) is 0.401. The highest BCUT2D eigenvalue weighted by molar-refractivity contribution is 5.01. The van der Waals surface area contributed by atoms with E-state index >= 15 is 0 Å². The Bertz CT molecular complexity index is 103. The van der Waals surface area contributed by atoms with Gasteiger partial charge in [0.15, 0.2) is 6.08 Å². The highest BCUT2D eigenvalue weighted by Gasteiger charge is 1.96. The third kappa shape index (κ3) is 1.02. The third-order valence-corrected chi connectivity index (χ3v) is 0.902. The lowest BCUT2D eigenvalue weighted by Gasteiger charge is -2.04. The van der Waals surface area contributed by atoms with Gasteiger partial charge >= 0.3 is 0 Å². The molecule has 0 N–H and O–H groups in total. The highest BCUT2D eigenvalue weighted by Crippen LogP contribution is 1.90. The van der Waals surface area contributed by atoms with Crippen LogP contribution in [0.25, 0.3) is 0 Å². The molecule has 0 aliphatic carbocycles. The maximum absolute atomic E-state index is 2.95. The van der Waals surface area contributed by atoms with Crippen molar-refractivity contribution in [2.45, 2.75) is 0 Å². The Kier molecular flexibility index (Phi) is 1.10. The lowest BCUT2D eigenvalue weighted by molar-refractivity contribution is 0.502. The molecular weight excluding hydrogens is 86.1 g/mol. The van der Waals surface area contributed by atoms with Crippen LogP contribution in [0.1, 0.15) is 0 Å². The number of hydrogen-bond donors (Lipinski definition) is 0. The second-order valence-electron chi connectivity index (χ2n) is 1.64. The zero-order valence-electron chi connectivity index (χ0n) is 4.39. The normalized spacial score (nSPS) is 17.0. The van der Waals surface area contributed by atoms with Crippen LogP contribution in [0.5, 0.6) is 0 Å². The number of allylic oxidation sites excluding steroid dienone is 2. The Morgan fingerprint density at radius 2 is 2.57 bits per heavy atom. The van der Waals surface area contributed by atoms with Gasteiger partial charge in [-0.2, -0.15) is 0 Å². The van der Waals surface area contributed by atoms with Crippen LogP contribution in [-0.2, 0) is 0 Å². The standard InChI is InChI=1S/C6H8N/c1-7-5-3-2-4-6-7/h2-3,6H,5H2,1H3/q+1. The molecule has 1 aliphatic rings. The lowest BCUT2D eigenvalue weighted by atomic mass is 10.4. The van der Waals surface area contributed by atoms with Gasteiger partial charge in [-0.25, -0.2) is 0 Å². The van der Waals surface area contributed by atoms with E-state index in [9.17, 15) is 0 Å². The average Bonchev–Trinajstić information content (AvgIpc) is 1.69. The average molecular weight is 94.1 g/mol. The molecule has 0 saturated carbocycles. The monoisotopic (exact) mass is 94.1 g/mol. The summed E-state index contributed by atoms with van der Waals surface area (Å²) in [5.74, 6) is 0. The summed E-state index contributed by atoms with van der Waals surface area (Å²) in [6.07, 6.45) is 8.89. The molecule has 1 rings (SSSR count). The molecule has 1 nitrogen and oxygen atoms in total. The Labute approximate surface area is 43.9 Å². The molecule has 0 spiro atoms. The molecule has 0 saturated heterocycles. The summed E-state index contributed by atoms with van der Waals surface area (Å²) in [5, 5.41) is 0. The molecule has 0 amide bonds. The van der Waals surface area contributed by atoms with Gasteiger partial charge in [-0.3, -0.25) is 0 Å². The van der Waals surface area contributed by atoms with Gasteiger partial charge in [0.05, 0.1) is 6.08 Å². The van der Waals surface area contributed by atoms with E-state index in [-0.39, 0.29) is 0 Å². The van der Waals surface area contributed by atoms with Crippen molar-refractivity contribution >= 4 is 0 Å². The minimum atomic E-state index is 1.02. The minimum Gasteiger partial charge on any atom is -0.336 e. The van der Waals surface area contributed by atoms with Gasteiger partial charge in [-0.1, -0.05) is 0 Å². The number of rotatable bonds is 0. The van der Waals surface area contributed by atoms with Crippen molar-refractivity contribution in [1.82, 2.24) is 4.90 Å². The summed E-state index contributed by atoms with van der Waals surface area (Å²) in [6, 6.07) is 0. The first-order valence-corrected chi connectivity index (χ1v) is 2.34. The topological polar surface area (TPSA) is 3.24 Å². The molecule has 7 heavy (non-hydrogen) atoms. The number of likely N-dealkylation sites (N-methyl/N-ethyl adjacent to an activating group) is 1. The summed E-state index contributed by atoms with van der Waals surface area (Å²) in [7, 11) is 2.02. The minimum absolute atomic E-state index is 1.02. The highest BCUT2D eigenvalue weighted by atomic mass is 15.1. The van der Waals surface area contributed by atoms with Crippen molar-refractivity contribution in [3.63, 3.8) is 0 Å². The van der Waals surface area contributed by atoms with Crippen molar-refractivity contribution in [1.29, 1.82) is 0 Å². The smallest absolute Gasteiger partial charge is 0.158 e. The Morgan fingerprint density at radius 3 is 2.86 bits per heavy atom. The van der Waals surface area contributed by atoms with Crippen LogP contribution in [0.2, 0.25) is 0 Å². The summed E-state index contributed by atoms with van der Waals surface area (Å²) < 4.78 is 0. The van der Waals surface area contributed by atoms with Gasteiger partial charge < -0.3 is 4.90 Å². The van der Waals surface area contributed by atoms with Gasteiger partial charge in [0, 0.05) is 7.05 Å². The fourth-order valence-corrected chi connectivity index (χ4v) is 0.510. The predicted octanol–water partition coefficient (Wildman–Crippen LogP) is 0.805. The number of nitrogens with zero attached hydrogens (tertiary/aromatic N) is 1. The molecule has 0 aromatic rings. The van der Waals surface area contributed by atoms with Gasteiger partial charge in [-0.15, -0.1) is 0 Å². The second kappa shape index (κ2) is 1.76. The second-order valence-corrected chi connectivity index (χ2v) is 1.64. The summed E-state index contributed by atoms with van der Waals surface area (Å²) in [4.78, 5) is 2.07. The molecule has 1 heteroatoms. The van der Waals surface area contributed by atoms with E-state index in [2.05, 4.69) is 17.1 Å². The molecule has 0 fully saturated rings. The molecule has 0 radical (unpaired) electrons. The van der Waals surface area contributed by atoms with E-state index in [1.54, 1.807) is 0 Å². The molecule has 1 aliphatic heterocycles. The molecular formula is C6H8N+. The summed E-state index contributed by atoms with van der Waals surface area (Å²) >= 11 is 0. The Balaban J connectivity index is 2.49. The predicted molar refractivity (Wildman–Crippen MR) is 29.6 cm³/mol. The zero-order valence-corrected chi connectivity index (χ0v) is 4.39. The summed E-state index contributed by atoms with van der Waals surface area (Å²) in [6.45, 7) is 1.02. The van der Waals surface area contributed by atoms with E-state index in [0.29, 0.717) is 0 Å². The van der Waals surface area contributed by atoms with Crippen LogP contribution in [0.4, 0.5) is 0 Å². The van der Waals surface area contributed by atoms with Crippen LogP contribution < -0.4 is 0 Å². The van der Waals surface area contributed by atoms with Crippen LogP contribution in [0, 0.1) is 6.08 Å². The fraction of sp³-hybridized carbons (Fsp3) is 0.333. The van der Waals surface area contributed by atoms with Crippen LogP contribution in [0.3, 0.4) is 0 Å². The van der Waals surface area contributed by atoms with E-state index in [1.165, 1.54) is 0 Å². The van der Waals surface area contributed by atoms with Crippen LogP contribution in [0.15, 0.2) is 18.4 Å². The van der Waals surface area contributed by atoms with Gasteiger partial charge in [0.1, 0.15) is 18.8 Å². The first kappa shape index (κ1) is 4.35. The molecule has 1 heterocycles. The van der Waals surface area contributed by atoms with Crippen molar-refractivity contribution in [2.24, 2.45) is 0 Å². The SMILES string of the molecule is CN1C=[C+]C=CC1. The van der Waals surface area contributed by atoms with Crippen molar-refractivity contribution in [3.8, 4) is 0 Å². The molecule has 0 aromatic heterocycles. The maximum Gasteiger partial charge on any atom is 0.158 e. The molecule has 0 atom stereocenters.